The van der Waals surface area contributed by atoms with Crippen molar-refractivity contribution in [2.75, 3.05) is 25.1 Å². The van der Waals surface area contributed by atoms with Crippen LogP contribution in [-0.4, -0.2) is 39.7 Å². The van der Waals surface area contributed by atoms with E-state index in [0.29, 0.717) is 52.7 Å². The number of ether oxygens (including phenoxy) is 2. The van der Waals surface area contributed by atoms with Crippen molar-refractivity contribution >= 4 is 5.82 Å². The van der Waals surface area contributed by atoms with Crippen LogP contribution in [0.15, 0.2) is 36.7 Å². The smallest absolute Gasteiger partial charge is 0.224 e. The van der Waals surface area contributed by atoms with Gasteiger partial charge in [-0.1, -0.05) is 0 Å². The summed E-state index contributed by atoms with van der Waals surface area (Å²) in [7, 11) is 0. The van der Waals surface area contributed by atoms with Crippen LogP contribution >= 0.6 is 0 Å². The van der Waals surface area contributed by atoms with E-state index in [1.54, 1.807) is 36.7 Å². The summed E-state index contributed by atoms with van der Waals surface area (Å²) < 4.78 is 11.5. The van der Waals surface area contributed by atoms with Gasteiger partial charge in [0.2, 0.25) is 5.88 Å². The Bertz CT molecular complexity index is 1110. The number of benzene rings is 1. The number of rotatable bonds is 7. The summed E-state index contributed by atoms with van der Waals surface area (Å²) in [5, 5.41) is 12.7. The lowest BCUT2D eigenvalue weighted by Crippen LogP contribution is -2.23. The quantitative estimate of drug-likeness (QED) is 0.578. The van der Waals surface area contributed by atoms with Crippen LogP contribution in [0, 0.1) is 24.2 Å². The molecule has 1 aliphatic rings. The van der Waals surface area contributed by atoms with Crippen LogP contribution in [0.3, 0.4) is 0 Å². The fourth-order valence-corrected chi connectivity index (χ4v) is 3.46. The molecule has 3 N–H and O–H groups in total. The first-order chi connectivity index (χ1) is 15.6. The van der Waals surface area contributed by atoms with E-state index in [0.717, 1.165) is 38.2 Å². The molecule has 32 heavy (non-hydrogen) atoms. The molecule has 0 atom stereocenters. The van der Waals surface area contributed by atoms with E-state index in [1.165, 1.54) is 0 Å². The molecule has 9 heteroatoms. The maximum atomic E-state index is 9.34. The third kappa shape index (κ3) is 5.35. The van der Waals surface area contributed by atoms with Crippen molar-refractivity contribution in [3.63, 3.8) is 0 Å². The van der Waals surface area contributed by atoms with E-state index >= 15 is 0 Å². The van der Waals surface area contributed by atoms with Gasteiger partial charge in [-0.05, 0) is 43.9 Å². The molecule has 1 aliphatic heterocycles. The maximum absolute atomic E-state index is 9.34. The second-order valence-electron chi connectivity index (χ2n) is 7.62. The molecule has 0 spiro atoms. The Morgan fingerprint density at radius 1 is 1.19 bits per heavy atom. The Balaban J connectivity index is 1.58. The van der Waals surface area contributed by atoms with Gasteiger partial charge in [-0.2, -0.15) is 10.2 Å². The minimum Gasteiger partial charge on any atom is -0.438 e. The van der Waals surface area contributed by atoms with Crippen LogP contribution in [0.25, 0.3) is 11.4 Å². The van der Waals surface area contributed by atoms with Crippen LogP contribution < -0.4 is 15.8 Å². The zero-order chi connectivity index (χ0) is 22.3. The molecule has 9 nitrogen and oxygen atoms in total. The highest BCUT2D eigenvalue weighted by Crippen LogP contribution is 2.32. The van der Waals surface area contributed by atoms with Crippen LogP contribution in [0.1, 0.15) is 29.8 Å². The number of hydrogen-bond acceptors (Lipinski definition) is 9. The summed E-state index contributed by atoms with van der Waals surface area (Å²) in [6.07, 6.45) is 5.43. The summed E-state index contributed by atoms with van der Waals surface area (Å²) in [5.41, 5.74) is 7.59. The van der Waals surface area contributed by atoms with Crippen LogP contribution in [0.2, 0.25) is 0 Å². The molecule has 164 valence electrons. The molecule has 2 aromatic heterocycles. The van der Waals surface area contributed by atoms with Gasteiger partial charge < -0.3 is 20.5 Å². The molecule has 0 amide bonds. The van der Waals surface area contributed by atoms with Crippen molar-refractivity contribution in [2.24, 2.45) is 11.7 Å². The van der Waals surface area contributed by atoms with E-state index in [2.05, 4.69) is 31.3 Å². The summed E-state index contributed by atoms with van der Waals surface area (Å²) >= 11 is 0. The Kier molecular flexibility index (Phi) is 6.84. The number of nitrogens with two attached hydrogens (primary N) is 1. The predicted molar refractivity (Wildman–Crippen MR) is 119 cm³/mol. The average Bonchev–Trinajstić information content (AvgIpc) is 2.83. The Labute approximate surface area is 186 Å². The van der Waals surface area contributed by atoms with Gasteiger partial charge in [0.25, 0.3) is 0 Å². The molecule has 3 aromatic rings. The first-order valence-electron chi connectivity index (χ1n) is 10.6. The number of hydrogen-bond donors (Lipinski definition) is 2. The molecule has 4 rings (SSSR count). The van der Waals surface area contributed by atoms with Crippen molar-refractivity contribution in [1.82, 2.24) is 19.9 Å². The highest BCUT2D eigenvalue weighted by molar-refractivity contribution is 5.66. The topological polar surface area (TPSA) is 132 Å². The van der Waals surface area contributed by atoms with Crippen LogP contribution in [-0.2, 0) is 11.3 Å². The molecule has 1 saturated heterocycles. The summed E-state index contributed by atoms with van der Waals surface area (Å²) in [6.45, 7) is 4.59. The lowest BCUT2D eigenvalue weighted by molar-refractivity contribution is 0.0699. The standard InChI is InChI=1S/C23H25N7O2/c1-15-29-21(26-12-16-4-6-31-7-5-16)9-22(30-15)32-20-8-17(10-24)2-3-19(20)23-27-13-18(11-25)14-28-23/h2-3,8-9,13-14,16H,4-7,11-12,25H2,1H3,(H,26,29,30). The van der Waals surface area contributed by atoms with Crippen molar-refractivity contribution < 1.29 is 9.47 Å². The summed E-state index contributed by atoms with van der Waals surface area (Å²) in [6, 6.07) is 9.02. The largest absolute Gasteiger partial charge is 0.438 e. The first kappa shape index (κ1) is 21.6. The molecular formula is C23H25N7O2. The lowest BCUT2D eigenvalue weighted by Gasteiger charge is -2.22. The Morgan fingerprint density at radius 3 is 2.69 bits per heavy atom. The number of nitrogens with zero attached hydrogens (tertiary/aromatic N) is 5. The lowest BCUT2D eigenvalue weighted by atomic mass is 10.0. The van der Waals surface area contributed by atoms with Gasteiger partial charge in [0.1, 0.15) is 17.4 Å². The van der Waals surface area contributed by atoms with Gasteiger partial charge in [-0.25, -0.2) is 15.0 Å². The normalized spacial score (nSPS) is 14.0. The molecule has 0 unspecified atom stereocenters. The van der Waals surface area contributed by atoms with E-state index in [-0.39, 0.29) is 0 Å². The highest BCUT2D eigenvalue weighted by atomic mass is 16.5. The molecule has 1 aromatic carbocycles. The van der Waals surface area contributed by atoms with Gasteiger partial charge in [0.15, 0.2) is 5.82 Å². The number of aromatic nitrogens is 4. The second kappa shape index (κ2) is 10.1. The average molecular weight is 432 g/mol. The molecule has 1 fully saturated rings. The fourth-order valence-electron chi connectivity index (χ4n) is 3.46. The minimum atomic E-state index is 0.362. The third-order valence-electron chi connectivity index (χ3n) is 5.23. The zero-order valence-electron chi connectivity index (χ0n) is 17.9. The zero-order valence-corrected chi connectivity index (χ0v) is 17.9. The maximum Gasteiger partial charge on any atom is 0.224 e. The summed E-state index contributed by atoms with van der Waals surface area (Å²) in [4.78, 5) is 17.6. The van der Waals surface area contributed by atoms with Gasteiger partial charge in [-0.3, -0.25) is 0 Å². The van der Waals surface area contributed by atoms with Gasteiger partial charge in [0.05, 0.1) is 17.2 Å². The van der Waals surface area contributed by atoms with E-state index in [1.807, 2.05) is 6.92 Å². The monoisotopic (exact) mass is 431 g/mol. The van der Waals surface area contributed by atoms with Gasteiger partial charge in [0, 0.05) is 50.3 Å². The van der Waals surface area contributed by atoms with Crippen molar-refractivity contribution in [2.45, 2.75) is 26.3 Å². The highest BCUT2D eigenvalue weighted by Gasteiger charge is 2.16. The van der Waals surface area contributed by atoms with Gasteiger partial charge >= 0.3 is 0 Å². The van der Waals surface area contributed by atoms with Gasteiger partial charge in [-0.15, -0.1) is 0 Å². The van der Waals surface area contributed by atoms with Crippen LogP contribution in [0.5, 0.6) is 11.6 Å². The predicted octanol–water partition coefficient (Wildman–Crippen LogP) is 3.20. The van der Waals surface area contributed by atoms with E-state index in [4.69, 9.17) is 15.2 Å². The number of aryl methyl sites for hydroxylation is 1. The fraction of sp³-hybridized carbons (Fsp3) is 0.348. The van der Waals surface area contributed by atoms with Crippen molar-refractivity contribution in [3.05, 3.63) is 53.6 Å². The Hall–Kier alpha value is -3.61. The molecular weight excluding hydrogens is 406 g/mol. The van der Waals surface area contributed by atoms with E-state index < -0.39 is 0 Å². The molecule has 0 bridgehead atoms. The Morgan fingerprint density at radius 2 is 1.97 bits per heavy atom. The number of anilines is 1. The third-order valence-corrected chi connectivity index (χ3v) is 5.23. The molecule has 3 heterocycles. The first-order valence-corrected chi connectivity index (χ1v) is 10.6. The number of nitriles is 1. The summed E-state index contributed by atoms with van der Waals surface area (Å²) in [5.74, 6) is 3.13. The van der Waals surface area contributed by atoms with E-state index in [9.17, 15) is 5.26 Å². The molecule has 0 aliphatic carbocycles. The van der Waals surface area contributed by atoms with Crippen molar-refractivity contribution in [1.29, 1.82) is 5.26 Å². The van der Waals surface area contributed by atoms with Crippen LogP contribution in [0.4, 0.5) is 5.82 Å². The minimum absolute atomic E-state index is 0.362. The second-order valence-corrected chi connectivity index (χ2v) is 7.62. The number of nitrogens with one attached hydrogen (secondary N) is 1. The SMILES string of the molecule is Cc1nc(NCC2CCOCC2)cc(Oc2cc(C#N)ccc2-c2ncc(CN)cn2)n1. The molecule has 0 saturated carbocycles. The molecule has 0 radical (unpaired) electrons. The van der Waals surface area contributed by atoms with Crippen molar-refractivity contribution in [3.8, 4) is 29.1 Å².